The fourth-order valence-corrected chi connectivity index (χ4v) is 3.83. The molecule has 8 heteroatoms. The summed E-state index contributed by atoms with van der Waals surface area (Å²) in [5, 5.41) is 2.69. The average Bonchev–Trinajstić information content (AvgIpc) is 2.98. The second kappa shape index (κ2) is 6.54. The van der Waals surface area contributed by atoms with E-state index in [2.05, 4.69) is 15.3 Å². The monoisotopic (exact) mass is 372 g/mol. The van der Waals surface area contributed by atoms with Gasteiger partial charge in [0, 0.05) is 19.7 Å². The number of sulfonamides is 1. The lowest BCUT2D eigenvalue weighted by molar-refractivity contribution is 0.102. The van der Waals surface area contributed by atoms with Crippen LogP contribution in [0.25, 0.3) is 11.0 Å². The van der Waals surface area contributed by atoms with Gasteiger partial charge in [-0.15, -0.1) is 0 Å². The van der Waals surface area contributed by atoms with Gasteiger partial charge in [-0.2, -0.15) is 0 Å². The minimum atomic E-state index is -3.65. The van der Waals surface area contributed by atoms with Gasteiger partial charge in [-0.25, -0.2) is 17.7 Å². The number of rotatable bonds is 4. The normalized spacial score (nSPS) is 11.9. The highest BCUT2D eigenvalue weighted by Crippen LogP contribution is 2.24. The molecule has 3 rings (SSSR count). The Kier molecular flexibility index (Phi) is 4.55. The Morgan fingerprint density at radius 2 is 1.85 bits per heavy atom. The molecule has 0 aliphatic carbocycles. The van der Waals surface area contributed by atoms with E-state index in [9.17, 15) is 13.2 Å². The fourth-order valence-electron chi connectivity index (χ4n) is 2.61. The molecule has 0 atom stereocenters. The van der Waals surface area contributed by atoms with Crippen LogP contribution in [-0.4, -0.2) is 42.7 Å². The van der Waals surface area contributed by atoms with Crippen LogP contribution in [0, 0.1) is 13.8 Å². The minimum absolute atomic E-state index is 0.122. The number of carbonyl (C=O) groups excluding carboxylic acids is 1. The van der Waals surface area contributed by atoms with E-state index < -0.39 is 15.9 Å². The third kappa shape index (κ3) is 3.21. The summed E-state index contributed by atoms with van der Waals surface area (Å²) in [7, 11) is -0.722. The summed E-state index contributed by atoms with van der Waals surface area (Å²) in [6.45, 7) is 3.51. The third-order valence-corrected chi connectivity index (χ3v) is 6.20. The number of aromatic nitrogens is 2. The lowest BCUT2D eigenvalue weighted by atomic mass is 10.1. The summed E-state index contributed by atoms with van der Waals surface area (Å²) < 4.78 is 26.2. The first-order chi connectivity index (χ1) is 12.2. The van der Waals surface area contributed by atoms with Gasteiger partial charge in [0.15, 0.2) is 0 Å². The quantitative estimate of drug-likeness (QED) is 0.736. The van der Waals surface area contributed by atoms with Gasteiger partial charge < -0.3 is 4.98 Å². The van der Waals surface area contributed by atoms with Crippen LogP contribution in [0.1, 0.15) is 21.5 Å². The number of benzene rings is 2. The lowest BCUT2D eigenvalue weighted by Gasteiger charge is -2.16. The van der Waals surface area contributed by atoms with Crippen molar-refractivity contribution in [2.75, 3.05) is 19.4 Å². The average molecular weight is 372 g/mol. The Morgan fingerprint density at radius 3 is 2.50 bits per heavy atom. The van der Waals surface area contributed by atoms with Crippen molar-refractivity contribution in [2.24, 2.45) is 0 Å². The SMILES string of the molecule is Cc1cc(C(=O)Nc2nc3ccccc3[nH]2)cc(S(=O)(=O)N(C)C)c1C. The number of para-hydroxylation sites is 2. The molecular weight excluding hydrogens is 352 g/mol. The first kappa shape index (κ1) is 18.1. The largest absolute Gasteiger partial charge is 0.324 e. The number of fused-ring (bicyclic) bond motifs is 1. The van der Waals surface area contributed by atoms with Crippen molar-refractivity contribution in [1.82, 2.24) is 14.3 Å². The fraction of sp³-hybridized carbons (Fsp3) is 0.222. The number of H-pyrrole nitrogens is 1. The highest BCUT2D eigenvalue weighted by molar-refractivity contribution is 7.89. The lowest BCUT2D eigenvalue weighted by Crippen LogP contribution is -2.24. The molecule has 0 saturated carbocycles. The molecule has 1 amide bonds. The Balaban J connectivity index is 1.98. The molecule has 0 radical (unpaired) electrons. The molecule has 1 heterocycles. The van der Waals surface area contributed by atoms with Gasteiger partial charge >= 0.3 is 0 Å². The van der Waals surface area contributed by atoms with E-state index in [0.29, 0.717) is 11.5 Å². The van der Waals surface area contributed by atoms with Gasteiger partial charge in [0.05, 0.1) is 15.9 Å². The molecule has 0 unspecified atom stereocenters. The second-order valence-corrected chi connectivity index (χ2v) is 8.38. The van der Waals surface area contributed by atoms with E-state index in [1.807, 2.05) is 24.3 Å². The van der Waals surface area contributed by atoms with Gasteiger partial charge in [-0.3, -0.25) is 10.1 Å². The molecule has 0 spiro atoms. The zero-order chi connectivity index (χ0) is 19.1. The number of carbonyl (C=O) groups is 1. The molecule has 0 aliphatic rings. The first-order valence-corrected chi connectivity index (χ1v) is 9.44. The van der Waals surface area contributed by atoms with Crippen molar-refractivity contribution in [3.05, 3.63) is 53.1 Å². The van der Waals surface area contributed by atoms with Crippen LogP contribution < -0.4 is 5.32 Å². The molecule has 0 fully saturated rings. The number of nitrogens with one attached hydrogen (secondary N) is 2. The van der Waals surface area contributed by atoms with Crippen LogP contribution >= 0.6 is 0 Å². The van der Waals surface area contributed by atoms with Crippen LogP contribution in [0.5, 0.6) is 0 Å². The molecule has 2 N–H and O–H groups in total. The minimum Gasteiger partial charge on any atom is -0.324 e. The van der Waals surface area contributed by atoms with E-state index >= 15 is 0 Å². The molecule has 7 nitrogen and oxygen atoms in total. The standard InChI is InChI=1S/C18H20N4O3S/c1-11-9-13(10-16(12(11)2)26(24,25)22(3)4)17(23)21-18-19-14-7-5-6-8-15(14)20-18/h5-10H,1-4H3,(H2,19,20,21,23). The van der Waals surface area contributed by atoms with E-state index in [1.54, 1.807) is 19.9 Å². The Hall–Kier alpha value is -2.71. The zero-order valence-corrected chi connectivity index (χ0v) is 15.8. The molecule has 2 aromatic carbocycles. The van der Waals surface area contributed by atoms with Gasteiger partial charge in [-0.05, 0) is 49.2 Å². The van der Waals surface area contributed by atoms with Crippen LogP contribution in [0.2, 0.25) is 0 Å². The molecule has 26 heavy (non-hydrogen) atoms. The smallest absolute Gasteiger partial charge is 0.258 e. The number of amides is 1. The molecule has 1 aromatic heterocycles. The number of imidazole rings is 1. The van der Waals surface area contributed by atoms with E-state index in [4.69, 9.17) is 0 Å². The highest BCUT2D eigenvalue weighted by Gasteiger charge is 2.23. The summed E-state index contributed by atoms with van der Waals surface area (Å²) >= 11 is 0. The zero-order valence-electron chi connectivity index (χ0n) is 15.0. The number of anilines is 1. The van der Waals surface area contributed by atoms with E-state index in [-0.39, 0.29) is 10.5 Å². The van der Waals surface area contributed by atoms with Gasteiger partial charge in [0.25, 0.3) is 5.91 Å². The van der Waals surface area contributed by atoms with Crippen molar-refractivity contribution >= 4 is 32.9 Å². The summed E-state index contributed by atoms with van der Waals surface area (Å²) in [6, 6.07) is 10.5. The number of hydrogen-bond acceptors (Lipinski definition) is 4. The molecule has 0 aliphatic heterocycles. The Labute approximate surface area is 152 Å². The Bertz CT molecular complexity index is 1070. The molecule has 0 saturated heterocycles. The predicted molar refractivity (Wildman–Crippen MR) is 101 cm³/mol. The summed E-state index contributed by atoms with van der Waals surface area (Å²) in [4.78, 5) is 20.1. The maximum absolute atomic E-state index is 12.6. The van der Waals surface area contributed by atoms with Gasteiger partial charge in [0.2, 0.25) is 16.0 Å². The summed E-state index contributed by atoms with van der Waals surface area (Å²) in [6.07, 6.45) is 0. The van der Waals surface area contributed by atoms with Crippen LogP contribution in [0.4, 0.5) is 5.95 Å². The second-order valence-electron chi connectivity index (χ2n) is 6.26. The predicted octanol–water partition coefficient (Wildman–Crippen LogP) is 2.68. The van der Waals surface area contributed by atoms with Crippen molar-refractivity contribution in [3.8, 4) is 0 Å². The summed E-state index contributed by atoms with van der Waals surface area (Å²) in [5.41, 5.74) is 3.15. The first-order valence-electron chi connectivity index (χ1n) is 8.00. The topological polar surface area (TPSA) is 95.2 Å². The Morgan fingerprint density at radius 1 is 1.15 bits per heavy atom. The maximum atomic E-state index is 12.6. The third-order valence-electron chi connectivity index (χ3n) is 4.26. The van der Waals surface area contributed by atoms with E-state index in [1.165, 1.54) is 20.2 Å². The molecular formula is C18H20N4O3S. The molecule has 136 valence electrons. The molecule has 0 bridgehead atoms. The van der Waals surface area contributed by atoms with Gasteiger partial charge in [0.1, 0.15) is 0 Å². The molecule has 3 aromatic rings. The van der Waals surface area contributed by atoms with Crippen LogP contribution in [-0.2, 0) is 10.0 Å². The number of hydrogen-bond donors (Lipinski definition) is 2. The highest BCUT2D eigenvalue weighted by atomic mass is 32.2. The number of aromatic amines is 1. The summed E-state index contributed by atoms with van der Waals surface area (Å²) in [5.74, 6) is -0.117. The van der Waals surface area contributed by atoms with Crippen molar-refractivity contribution in [3.63, 3.8) is 0 Å². The van der Waals surface area contributed by atoms with Crippen LogP contribution in [0.15, 0.2) is 41.3 Å². The van der Waals surface area contributed by atoms with E-state index in [0.717, 1.165) is 20.9 Å². The van der Waals surface area contributed by atoms with Crippen molar-refractivity contribution in [1.29, 1.82) is 0 Å². The van der Waals surface area contributed by atoms with Crippen LogP contribution in [0.3, 0.4) is 0 Å². The van der Waals surface area contributed by atoms with Crippen molar-refractivity contribution < 1.29 is 13.2 Å². The van der Waals surface area contributed by atoms with Gasteiger partial charge in [-0.1, -0.05) is 12.1 Å². The van der Waals surface area contributed by atoms with Crippen molar-refractivity contribution in [2.45, 2.75) is 18.7 Å². The number of aryl methyl sites for hydroxylation is 1. The number of nitrogens with zero attached hydrogens (tertiary/aromatic N) is 2. The maximum Gasteiger partial charge on any atom is 0.258 e.